The summed E-state index contributed by atoms with van der Waals surface area (Å²) in [7, 11) is 0. The Morgan fingerprint density at radius 1 is 0.778 bits per heavy atom. The lowest BCUT2D eigenvalue weighted by Gasteiger charge is -2.10. The van der Waals surface area contributed by atoms with Crippen molar-refractivity contribution in [2.45, 2.75) is 20.8 Å². The van der Waals surface area contributed by atoms with Crippen molar-refractivity contribution in [2.24, 2.45) is 0 Å². The van der Waals surface area contributed by atoms with Crippen LogP contribution >= 0.6 is 0 Å². The van der Waals surface area contributed by atoms with E-state index >= 15 is 0 Å². The highest BCUT2D eigenvalue weighted by Gasteiger charge is 2.05. The molecule has 0 atom stereocenters. The number of carbonyl (C=O) groups excluding carboxylic acids is 1. The van der Waals surface area contributed by atoms with Crippen molar-refractivity contribution in [3.8, 4) is 17.2 Å². The van der Waals surface area contributed by atoms with Crippen LogP contribution in [0.25, 0.3) is 0 Å². The van der Waals surface area contributed by atoms with E-state index in [4.69, 9.17) is 9.47 Å². The van der Waals surface area contributed by atoms with Crippen molar-refractivity contribution < 1.29 is 14.3 Å². The number of carbonyl (C=O) groups is 1. The minimum absolute atomic E-state index is 0.0504. The number of aryl methyl sites for hydroxylation is 3. The van der Waals surface area contributed by atoms with E-state index in [1.165, 1.54) is 0 Å². The molecule has 3 aromatic rings. The summed E-state index contributed by atoms with van der Waals surface area (Å²) in [5.41, 5.74) is 4.17. The molecule has 138 valence electrons. The molecule has 0 heterocycles. The van der Waals surface area contributed by atoms with E-state index < -0.39 is 0 Å². The van der Waals surface area contributed by atoms with E-state index in [1.54, 1.807) is 12.1 Å². The fourth-order valence-corrected chi connectivity index (χ4v) is 2.80. The summed E-state index contributed by atoms with van der Waals surface area (Å²) < 4.78 is 11.4. The first-order valence-corrected chi connectivity index (χ1v) is 8.83. The largest absolute Gasteiger partial charge is 0.484 e. The summed E-state index contributed by atoms with van der Waals surface area (Å²) in [6.07, 6.45) is 0. The predicted molar refractivity (Wildman–Crippen MR) is 108 cm³/mol. The Kier molecular flexibility index (Phi) is 5.77. The lowest BCUT2D eigenvalue weighted by Crippen LogP contribution is -2.20. The van der Waals surface area contributed by atoms with E-state index in [2.05, 4.69) is 11.4 Å². The molecule has 0 spiro atoms. The van der Waals surface area contributed by atoms with Crippen LogP contribution in [0, 0.1) is 20.8 Å². The number of hydrogen-bond donors (Lipinski definition) is 1. The summed E-state index contributed by atoms with van der Waals surface area (Å²) >= 11 is 0. The minimum Gasteiger partial charge on any atom is -0.484 e. The fourth-order valence-electron chi connectivity index (χ4n) is 2.80. The van der Waals surface area contributed by atoms with Crippen molar-refractivity contribution in [1.82, 2.24) is 0 Å². The molecule has 3 aromatic carbocycles. The first kappa shape index (κ1) is 18.5. The maximum absolute atomic E-state index is 12.0. The highest BCUT2D eigenvalue weighted by molar-refractivity contribution is 5.91. The molecule has 0 aliphatic rings. The fraction of sp³-hybridized carbons (Fsp3) is 0.174. The molecular formula is C23H23NO3. The molecular weight excluding hydrogens is 338 g/mol. The molecule has 0 saturated heterocycles. The second kappa shape index (κ2) is 8.41. The zero-order valence-electron chi connectivity index (χ0n) is 15.8. The molecule has 4 nitrogen and oxygen atoms in total. The van der Waals surface area contributed by atoms with Gasteiger partial charge in [-0.3, -0.25) is 4.79 Å². The second-order valence-corrected chi connectivity index (χ2v) is 6.60. The van der Waals surface area contributed by atoms with E-state index in [1.807, 2.05) is 69.3 Å². The Balaban J connectivity index is 1.53. The van der Waals surface area contributed by atoms with Crippen molar-refractivity contribution in [2.75, 3.05) is 11.9 Å². The number of nitrogens with one attached hydrogen (secondary N) is 1. The summed E-state index contributed by atoms with van der Waals surface area (Å²) in [4.78, 5) is 12.0. The van der Waals surface area contributed by atoms with Crippen LogP contribution in [-0.2, 0) is 4.79 Å². The molecule has 0 bridgehead atoms. The van der Waals surface area contributed by atoms with Gasteiger partial charge in [0.1, 0.15) is 17.2 Å². The Labute approximate surface area is 159 Å². The topological polar surface area (TPSA) is 47.6 Å². The first-order valence-electron chi connectivity index (χ1n) is 8.83. The summed E-state index contributed by atoms with van der Waals surface area (Å²) in [5.74, 6) is 1.94. The minimum atomic E-state index is -0.198. The Bertz CT molecular complexity index is 912. The Hall–Kier alpha value is -3.27. The zero-order chi connectivity index (χ0) is 19.2. The second-order valence-electron chi connectivity index (χ2n) is 6.60. The van der Waals surface area contributed by atoms with Gasteiger partial charge in [-0.25, -0.2) is 0 Å². The maximum Gasteiger partial charge on any atom is 0.262 e. The van der Waals surface area contributed by atoms with Gasteiger partial charge in [0, 0.05) is 5.69 Å². The molecule has 1 amide bonds. The lowest BCUT2D eigenvalue weighted by atomic mass is 10.1. The predicted octanol–water partition coefficient (Wildman–Crippen LogP) is 5.42. The number of rotatable bonds is 6. The average molecular weight is 361 g/mol. The SMILES string of the molecule is Cc1cccc(NC(=O)COc2ccc(Oc3cc(C)cc(C)c3)cc2)c1. The van der Waals surface area contributed by atoms with E-state index in [-0.39, 0.29) is 12.5 Å². The third kappa shape index (κ3) is 5.61. The summed E-state index contributed by atoms with van der Waals surface area (Å²) in [5, 5.41) is 2.82. The van der Waals surface area contributed by atoms with Gasteiger partial charge >= 0.3 is 0 Å². The normalized spacial score (nSPS) is 10.3. The highest BCUT2D eigenvalue weighted by atomic mass is 16.5. The van der Waals surface area contributed by atoms with Gasteiger partial charge in [0.15, 0.2) is 6.61 Å². The maximum atomic E-state index is 12.0. The quantitative estimate of drug-likeness (QED) is 0.637. The van der Waals surface area contributed by atoms with E-state index in [0.29, 0.717) is 5.75 Å². The molecule has 0 fully saturated rings. The third-order valence-corrected chi connectivity index (χ3v) is 3.93. The highest BCUT2D eigenvalue weighted by Crippen LogP contribution is 2.25. The Morgan fingerprint density at radius 2 is 1.44 bits per heavy atom. The number of anilines is 1. The molecule has 0 unspecified atom stereocenters. The van der Waals surface area contributed by atoms with Crippen molar-refractivity contribution >= 4 is 11.6 Å². The number of benzene rings is 3. The molecule has 0 radical (unpaired) electrons. The van der Waals surface area contributed by atoms with E-state index in [9.17, 15) is 4.79 Å². The number of amides is 1. The van der Waals surface area contributed by atoms with Crippen LogP contribution in [0.3, 0.4) is 0 Å². The van der Waals surface area contributed by atoms with E-state index in [0.717, 1.165) is 33.9 Å². The van der Waals surface area contributed by atoms with Gasteiger partial charge < -0.3 is 14.8 Å². The zero-order valence-corrected chi connectivity index (χ0v) is 15.8. The van der Waals surface area contributed by atoms with Gasteiger partial charge in [-0.1, -0.05) is 18.2 Å². The van der Waals surface area contributed by atoms with Crippen molar-refractivity contribution in [1.29, 1.82) is 0 Å². The molecule has 4 heteroatoms. The molecule has 27 heavy (non-hydrogen) atoms. The van der Waals surface area contributed by atoms with Gasteiger partial charge in [-0.05, 0) is 86.0 Å². The van der Waals surface area contributed by atoms with Crippen LogP contribution in [-0.4, -0.2) is 12.5 Å². The smallest absolute Gasteiger partial charge is 0.262 e. The molecule has 1 N–H and O–H groups in total. The average Bonchev–Trinajstić information content (AvgIpc) is 2.60. The standard InChI is InChI=1S/C23H23NO3/c1-16-5-4-6-19(12-16)24-23(25)15-26-20-7-9-21(10-8-20)27-22-13-17(2)11-18(3)14-22/h4-14H,15H2,1-3H3,(H,24,25). The van der Waals surface area contributed by atoms with Crippen LogP contribution in [0.5, 0.6) is 17.2 Å². The monoisotopic (exact) mass is 361 g/mol. The first-order chi connectivity index (χ1) is 13.0. The third-order valence-electron chi connectivity index (χ3n) is 3.93. The van der Waals surface area contributed by atoms with Gasteiger partial charge in [0.2, 0.25) is 0 Å². The lowest BCUT2D eigenvalue weighted by molar-refractivity contribution is -0.118. The molecule has 0 aromatic heterocycles. The molecule has 0 saturated carbocycles. The number of ether oxygens (including phenoxy) is 2. The molecule has 3 rings (SSSR count). The summed E-state index contributed by atoms with van der Waals surface area (Å²) in [6, 6.07) is 21.0. The van der Waals surface area contributed by atoms with Gasteiger partial charge in [-0.2, -0.15) is 0 Å². The van der Waals surface area contributed by atoms with Gasteiger partial charge in [0.05, 0.1) is 0 Å². The van der Waals surface area contributed by atoms with Gasteiger partial charge in [0.25, 0.3) is 5.91 Å². The van der Waals surface area contributed by atoms with Crippen LogP contribution in [0.4, 0.5) is 5.69 Å². The van der Waals surface area contributed by atoms with Crippen LogP contribution < -0.4 is 14.8 Å². The van der Waals surface area contributed by atoms with Crippen LogP contribution in [0.2, 0.25) is 0 Å². The van der Waals surface area contributed by atoms with Crippen molar-refractivity contribution in [3.63, 3.8) is 0 Å². The number of hydrogen-bond acceptors (Lipinski definition) is 3. The molecule has 0 aliphatic carbocycles. The van der Waals surface area contributed by atoms with Gasteiger partial charge in [-0.15, -0.1) is 0 Å². The Morgan fingerprint density at radius 3 is 2.11 bits per heavy atom. The summed E-state index contributed by atoms with van der Waals surface area (Å²) in [6.45, 7) is 6.01. The van der Waals surface area contributed by atoms with Crippen molar-refractivity contribution in [3.05, 3.63) is 83.4 Å². The molecule has 0 aliphatic heterocycles. The van der Waals surface area contributed by atoms with Crippen LogP contribution in [0.1, 0.15) is 16.7 Å². The van der Waals surface area contributed by atoms with Crippen LogP contribution in [0.15, 0.2) is 66.7 Å².